The summed E-state index contributed by atoms with van der Waals surface area (Å²) in [7, 11) is 0. The molecule has 1 heterocycles. The lowest BCUT2D eigenvalue weighted by Gasteiger charge is -2.04. The van der Waals surface area contributed by atoms with Crippen LogP contribution in [0.15, 0.2) is 36.4 Å². The van der Waals surface area contributed by atoms with Crippen LogP contribution in [0, 0.1) is 6.92 Å². The smallest absolute Gasteiger partial charge is 0.303 e. The van der Waals surface area contributed by atoms with Gasteiger partial charge in [-0.2, -0.15) is 0 Å². The first-order chi connectivity index (χ1) is 8.56. The fourth-order valence-corrected chi connectivity index (χ4v) is 2.99. The zero-order chi connectivity index (χ0) is 13.1. The van der Waals surface area contributed by atoms with Crippen LogP contribution < -0.4 is 0 Å². The van der Waals surface area contributed by atoms with Crippen LogP contribution in [0.1, 0.15) is 29.7 Å². The molecular formula is C15H16O2S. The molecule has 1 atom stereocenters. The molecule has 0 aliphatic carbocycles. The van der Waals surface area contributed by atoms with E-state index in [0.29, 0.717) is 0 Å². The Morgan fingerprint density at radius 3 is 2.78 bits per heavy atom. The molecule has 0 saturated heterocycles. The molecule has 1 N–H and O–H groups in total. The van der Waals surface area contributed by atoms with Gasteiger partial charge in [-0.25, -0.2) is 0 Å². The number of aryl methyl sites for hydroxylation is 1. The third-order valence-corrected chi connectivity index (χ3v) is 4.26. The van der Waals surface area contributed by atoms with Crippen molar-refractivity contribution in [3.63, 3.8) is 0 Å². The second-order valence-corrected chi connectivity index (χ2v) is 5.69. The maximum atomic E-state index is 10.7. The topological polar surface area (TPSA) is 37.3 Å². The molecule has 18 heavy (non-hydrogen) atoms. The van der Waals surface area contributed by atoms with E-state index >= 15 is 0 Å². The number of carboxylic acid groups (broad SMARTS) is 1. The maximum Gasteiger partial charge on any atom is 0.303 e. The molecule has 0 amide bonds. The zero-order valence-electron chi connectivity index (χ0n) is 10.5. The lowest BCUT2D eigenvalue weighted by atomic mass is 10.1. The molecule has 0 aliphatic heterocycles. The van der Waals surface area contributed by atoms with Crippen LogP contribution in [0.3, 0.4) is 0 Å². The van der Waals surface area contributed by atoms with Gasteiger partial charge in [-0.15, -0.1) is 11.3 Å². The van der Waals surface area contributed by atoms with Crippen molar-refractivity contribution in [1.29, 1.82) is 0 Å². The quantitative estimate of drug-likeness (QED) is 0.889. The Morgan fingerprint density at radius 1 is 1.33 bits per heavy atom. The number of rotatable bonds is 4. The molecule has 1 unspecified atom stereocenters. The SMILES string of the molecule is Cc1cccc(-c2ccc(C(C)CC(=O)O)s2)c1. The number of carbonyl (C=O) groups is 1. The van der Waals surface area contributed by atoms with Crippen LogP contribution >= 0.6 is 11.3 Å². The highest BCUT2D eigenvalue weighted by molar-refractivity contribution is 7.15. The van der Waals surface area contributed by atoms with Crippen molar-refractivity contribution >= 4 is 17.3 Å². The summed E-state index contributed by atoms with van der Waals surface area (Å²) in [6.45, 7) is 4.03. The molecule has 1 aromatic heterocycles. The summed E-state index contributed by atoms with van der Waals surface area (Å²) in [5, 5.41) is 8.81. The van der Waals surface area contributed by atoms with Crippen LogP contribution in [0.5, 0.6) is 0 Å². The van der Waals surface area contributed by atoms with Gasteiger partial charge in [-0.05, 0) is 24.6 Å². The normalized spacial score (nSPS) is 12.3. The number of carboxylic acids is 1. The van der Waals surface area contributed by atoms with Crippen molar-refractivity contribution in [2.75, 3.05) is 0 Å². The second-order valence-electron chi connectivity index (χ2n) is 4.57. The molecule has 2 aromatic rings. The van der Waals surface area contributed by atoms with Crippen molar-refractivity contribution in [3.8, 4) is 10.4 Å². The first-order valence-electron chi connectivity index (χ1n) is 5.95. The van der Waals surface area contributed by atoms with E-state index in [4.69, 9.17) is 5.11 Å². The summed E-state index contributed by atoms with van der Waals surface area (Å²) in [4.78, 5) is 13.0. The van der Waals surface area contributed by atoms with Gasteiger partial charge in [-0.3, -0.25) is 4.79 Å². The third-order valence-electron chi connectivity index (χ3n) is 2.90. The Kier molecular flexibility index (Phi) is 3.82. The van der Waals surface area contributed by atoms with Crippen LogP contribution in [-0.2, 0) is 4.79 Å². The molecule has 0 fully saturated rings. The largest absolute Gasteiger partial charge is 0.481 e. The van der Waals surface area contributed by atoms with E-state index in [9.17, 15) is 4.79 Å². The van der Waals surface area contributed by atoms with E-state index in [2.05, 4.69) is 31.2 Å². The van der Waals surface area contributed by atoms with E-state index in [-0.39, 0.29) is 12.3 Å². The number of hydrogen-bond acceptors (Lipinski definition) is 2. The van der Waals surface area contributed by atoms with E-state index in [1.165, 1.54) is 16.0 Å². The van der Waals surface area contributed by atoms with Gasteiger partial charge in [0.2, 0.25) is 0 Å². The number of benzene rings is 1. The van der Waals surface area contributed by atoms with E-state index in [0.717, 1.165) is 4.88 Å². The van der Waals surface area contributed by atoms with Gasteiger partial charge in [0.25, 0.3) is 0 Å². The molecule has 94 valence electrons. The highest BCUT2D eigenvalue weighted by atomic mass is 32.1. The first-order valence-corrected chi connectivity index (χ1v) is 6.76. The van der Waals surface area contributed by atoms with Crippen molar-refractivity contribution < 1.29 is 9.90 Å². The lowest BCUT2D eigenvalue weighted by molar-refractivity contribution is -0.137. The zero-order valence-corrected chi connectivity index (χ0v) is 11.3. The van der Waals surface area contributed by atoms with Gasteiger partial charge < -0.3 is 5.11 Å². The Labute approximate surface area is 111 Å². The van der Waals surface area contributed by atoms with E-state index in [1.807, 2.05) is 19.1 Å². The minimum atomic E-state index is -0.743. The van der Waals surface area contributed by atoms with Crippen LogP contribution in [-0.4, -0.2) is 11.1 Å². The summed E-state index contributed by atoms with van der Waals surface area (Å²) in [6, 6.07) is 12.5. The minimum absolute atomic E-state index is 0.0751. The van der Waals surface area contributed by atoms with E-state index < -0.39 is 5.97 Å². The highest BCUT2D eigenvalue weighted by Gasteiger charge is 2.13. The molecule has 2 rings (SSSR count). The molecule has 0 aliphatic rings. The summed E-state index contributed by atoms with van der Waals surface area (Å²) in [5.41, 5.74) is 2.44. The molecular weight excluding hydrogens is 244 g/mol. The average molecular weight is 260 g/mol. The lowest BCUT2D eigenvalue weighted by Crippen LogP contribution is -2.00. The van der Waals surface area contributed by atoms with Gasteiger partial charge in [0.1, 0.15) is 0 Å². The van der Waals surface area contributed by atoms with Crippen molar-refractivity contribution in [2.24, 2.45) is 0 Å². The maximum absolute atomic E-state index is 10.7. The molecule has 0 bridgehead atoms. The molecule has 1 aromatic carbocycles. The van der Waals surface area contributed by atoms with Crippen LogP contribution in [0.25, 0.3) is 10.4 Å². The molecule has 0 saturated carbocycles. The van der Waals surface area contributed by atoms with Crippen molar-refractivity contribution in [1.82, 2.24) is 0 Å². The Bertz CT molecular complexity index is 557. The van der Waals surface area contributed by atoms with E-state index in [1.54, 1.807) is 11.3 Å². The summed E-state index contributed by atoms with van der Waals surface area (Å²) >= 11 is 1.68. The second kappa shape index (κ2) is 5.36. The molecule has 0 radical (unpaired) electrons. The van der Waals surface area contributed by atoms with Gasteiger partial charge in [0.15, 0.2) is 0 Å². The predicted molar refractivity (Wildman–Crippen MR) is 75.2 cm³/mol. The Hall–Kier alpha value is -1.61. The predicted octanol–water partition coefficient (Wildman–Crippen LogP) is 4.30. The Morgan fingerprint density at radius 2 is 2.11 bits per heavy atom. The fraction of sp³-hybridized carbons (Fsp3) is 0.267. The monoisotopic (exact) mass is 260 g/mol. The highest BCUT2D eigenvalue weighted by Crippen LogP contribution is 2.33. The minimum Gasteiger partial charge on any atom is -0.481 e. The first kappa shape index (κ1) is 12.8. The standard InChI is InChI=1S/C15H16O2S/c1-10-4-3-5-12(8-10)14-7-6-13(18-14)11(2)9-15(16)17/h3-8,11H,9H2,1-2H3,(H,16,17). The summed E-state index contributed by atoms with van der Waals surface area (Å²) in [6.07, 6.45) is 0.188. The van der Waals surface area contributed by atoms with Crippen LogP contribution in [0.2, 0.25) is 0 Å². The third kappa shape index (κ3) is 2.99. The average Bonchev–Trinajstić information content (AvgIpc) is 2.77. The summed E-state index contributed by atoms with van der Waals surface area (Å²) < 4.78 is 0. The fourth-order valence-electron chi connectivity index (χ4n) is 1.93. The van der Waals surface area contributed by atoms with Crippen LogP contribution in [0.4, 0.5) is 0 Å². The summed E-state index contributed by atoms with van der Waals surface area (Å²) in [5.74, 6) is -0.668. The van der Waals surface area contributed by atoms with Gasteiger partial charge >= 0.3 is 5.97 Å². The van der Waals surface area contributed by atoms with Gasteiger partial charge in [0.05, 0.1) is 6.42 Å². The number of thiophene rings is 1. The number of aliphatic carboxylic acids is 1. The van der Waals surface area contributed by atoms with Gasteiger partial charge in [0, 0.05) is 15.7 Å². The molecule has 2 nitrogen and oxygen atoms in total. The van der Waals surface area contributed by atoms with Crippen molar-refractivity contribution in [2.45, 2.75) is 26.2 Å². The number of hydrogen-bond donors (Lipinski definition) is 1. The Balaban J connectivity index is 2.22. The molecule has 3 heteroatoms. The van der Waals surface area contributed by atoms with Gasteiger partial charge in [-0.1, -0.05) is 36.8 Å². The van der Waals surface area contributed by atoms with Crippen molar-refractivity contribution in [3.05, 3.63) is 46.8 Å². The molecule has 0 spiro atoms.